The van der Waals surface area contributed by atoms with Crippen molar-refractivity contribution < 1.29 is 9.59 Å². The third-order valence-electron chi connectivity index (χ3n) is 5.18. The third-order valence-corrected chi connectivity index (χ3v) is 5.18. The average molecular weight is 398 g/mol. The summed E-state index contributed by atoms with van der Waals surface area (Å²) < 4.78 is 0. The maximum absolute atomic E-state index is 11.9. The first-order valence-electron chi connectivity index (χ1n) is 11.2. The summed E-state index contributed by atoms with van der Waals surface area (Å²) in [6, 6.07) is 0. The predicted molar refractivity (Wildman–Crippen MR) is 119 cm³/mol. The van der Waals surface area contributed by atoms with Gasteiger partial charge in [-0.15, -0.1) is 0 Å². The van der Waals surface area contributed by atoms with Crippen LogP contribution in [-0.2, 0) is 9.59 Å². The summed E-state index contributed by atoms with van der Waals surface area (Å²) in [5, 5.41) is 5.97. The molecular formula is C23H47N3O2. The van der Waals surface area contributed by atoms with Gasteiger partial charge in [0, 0.05) is 24.9 Å². The highest BCUT2D eigenvalue weighted by atomic mass is 16.2. The molecule has 0 radical (unpaired) electrons. The van der Waals surface area contributed by atoms with Crippen LogP contribution in [0.15, 0.2) is 0 Å². The minimum atomic E-state index is -0.334. The zero-order valence-electron chi connectivity index (χ0n) is 19.7. The summed E-state index contributed by atoms with van der Waals surface area (Å²) >= 11 is 0. The second-order valence-electron chi connectivity index (χ2n) is 9.99. The lowest BCUT2D eigenvalue weighted by molar-refractivity contribution is -0.128. The summed E-state index contributed by atoms with van der Waals surface area (Å²) in [5.41, 5.74) is 0.0897. The van der Waals surface area contributed by atoms with Crippen LogP contribution in [0.5, 0.6) is 0 Å². The van der Waals surface area contributed by atoms with Crippen LogP contribution in [0, 0.1) is 10.8 Å². The number of nitrogens with zero attached hydrogens (tertiary/aromatic N) is 1. The van der Waals surface area contributed by atoms with E-state index in [4.69, 9.17) is 0 Å². The molecule has 0 spiro atoms. The van der Waals surface area contributed by atoms with Gasteiger partial charge in [-0.1, -0.05) is 54.4 Å². The average Bonchev–Trinajstić information content (AvgIpc) is 2.59. The highest BCUT2D eigenvalue weighted by Gasteiger charge is 2.20. The topological polar surface area (TPSA) is 61.4 Å². The van der Waals surface area contributed by atoms with Crippen LogP contribution in [0.1, 0.15) is 92.9 Å². The Balaban J connectivity index is 3.61. The van der Waals surface area contributed by atoms with Crippen LogP contribution in [0.3, 0.4) is 0 Å². The van der Waals surface area contributed by atoms with E-state index in [0.717, 1.165) is 45.3 Å². The standard InChI is InChI=1S/C23H47N3O2/c1-8-14-23(5,6)15-19-26(7)18-12-17-24-20(27)13-10-9-11-16-25-21(28)22(2,3)4/h8-19H2,1-7H3,(H,24,27)(H,25,28). The van der Waals surface area contributed by atoms with Crippen molar-refractivity contribution in [2.75, 3.05) is 33.2 Å². The van der Waals surface area contributed by atoms with E-state index in [9.17, 15) is 9.59 Å². The van der Waals surface area contributed by atoms with Crippen molar-refractivity contribution in [1.82, 2.24) is 15.5 Å². The Bertz CT molecular complexity index is 442. The smallest absolute Gasteiger partial charge is 0.225 e. The first-order valence-corrected chi connectivity index (χ1v) is 11.2. The lowest BCUT2D eigenvalue weighted by Crippen LogP contribution is -2.35. The summed E-state index contributed by atoms with van der Waals surface area (Å²) in [4.78, 5) is 26.0. The molecule has 2 N–H and O–H groups in total. The fraction of sp³-hybridized carbons (Fsp3) is 0.913. The summed E-state index contributed by atoms with van der Waals surface area (Å²) in [6.07, 6.45) is 8.09. The van der Waals surface area contributed by atoms with Gasteiger partial charge in [0.25, 0.3) is 0 Å². The first kappa shape index (κ1) is 26.9. The van der Waals surface area contributed by atoms with Gasteiger partial charge in [-0.2, -0.15) is 0 Å². The van der Waals surface area contributed by atoms with Crippen molar-refractivity contribution in [2.45, 2.75) is 92.9 Å². The zero-order valence-corrected chi connectivity index (χ0v) is 19.7. The molecule has 5 nitrogen and oxygen atoms in total. The molecule has 0 fully saturated rings. The van der Waals surface area contributed by atoms with Crippen LogP contribution in [0.2, 0.25) is 0 Å². The fourth-order valence-corrected chi connectivity index (χ4v) is 3.13. The van der Waals surface area contributed by atoms with Crippen LogP contribution in [-0.4, -0.2) is 49.9 Å². The van der Waals surface area contributed by atoms with E-state index in [1.54, 1.807) is 0 Å². The Hall–Kier alpha value is -1.10. The lowest BCUT2D eigenvalue weighted by Gasteiger charge is -2.27. The largest absolute Gasteiger partial charge is 0.356 e. The molecule has 0 aromatic rings. The minimum absolute atomic E-state index is 0.0872. The minimum Gasteiger partial charge on any atom is -0.356 e. The van der Waals surface area contributed by atoms with Gasteiger partial charge in [0.15, 0.2) is 0 Å². The second-order valence-corrected chi connectivity index (χ2v) is 9.99. The van der Waals surface area contributed by atoms with E-state index < -0.39 is 0 Å². The molecule has 2 amide bonds. The van der Waals surface area contributed by atoms with E-state index in [0.29, 0.717) is 18.4 Å². The van der Waals surface area contributed by atoms with Crippen molar-refractivity contribution in [3.63, 3.8) is 0 Å². The van der Waals surface area contributed by atoms with Gasteiger partial charge in [0.2, 0.25) is 11.8 Å². The number of nitrogens with one attached hydrogen (secondary N) is 2. The Morgan fingerprint density at radius 3 is 2.07 bits per heavy atom. The van der Waals surface area contributed by atoms with Crippen LogP contribution in [0.4, 0.5) is 0 Å². The fourth-order valence-electron chi connectivity index (χ4n) is 3.13. The van der Waals surface area contributed by atoms with E-state index >= 15 is 0 Å². The molecule has 0 saturated heterocycles. The molecule has 0 saturated carbocycles. The molecule has 166 valence electrons. The molecular weight excluding hydrogens is 350 g/mol. The Morgan fingerprint density at radius 1 is 0.821 bits per heavy atom. The van der Waals surface area contributed by atoms with Gasteiger partial charge >= 0.3 is 0 Å². The number of hydrogen-bond donors (Lipinski definition) is 2. The second kappa shape index (κ2) is 14.0. The summed E-state index contributed by atoms with van der Waals surface area (Å²) in [6.45, 7) is 16.3. The zero-order chi connectivity index (χ0) is 21.6. The molecule has 28 heavy (non-hydrogen) atoms. The molecule has 0 atom stereocenters. The molecule has 0 aliphatic heterocycles. The van der Waals surface area contributed by atoms with Gasteiger partial charge in [0.05, 0.1) is 0 Å². The number of hydrogen-bond acceptors (Lipinski definition) is 3. The molecule has 0 rings (SSSR count). The van der Waals surface area contributed by atoms with Crippen molar-refractivity contribution in [3.8, 4) is 0 Å². The molecule has 0 aromatic heterocycles. The number of carbonyl (C=O) groups excluding carboxylic acids is 2. The van der Waals surface area contributed by atoms with E-state index in [1.165, 1.54) is 19.3 Å². The van der Waals surface area contributed by atoms with Crippen LogP contribution in [0.25, 0.3) is 0 Å². The monoisotopic (exact) mass is 397 g/mol. The molecule has 0 heterocycles. The number of rotatable bonds is 15. The summed E-state index contributed by atoms with van der Waals surface area (Å²) in [7, 11) is 2.17. The molecule has 0 bridgehead atoms. The SMILES string of the molecule is CCCC(C)(C)CCN(C)CCCNC(=O)CCCCCNC(=O)C(C)(C)C. The van der Waals surface area contributed by atoms with Crippen molar-refractivity contribution >= 4 is 11.8 Å². The predicted octanol–water partition coefficient (Wildman–Crippen LogP) is 4.36. The molecule has 5 heteroatoms. The highest BCUT2D eigenvalue weighted by molar-refractivity contribution is 5.81. The van der Waals surface area contributed by atoms with Crippen molar-refractivity contribution in [1.29, 1.82) is 0 Å². The number of unbranched alkanes of at least 4 members (excludes halogenated alkanes) is 2. The first-order chi connectivity index (χ1) is 13.0. The van der Waals surface area contributed by atoms with Gasteiger partial charge in [-0.25, -0.2) is 0 Å². The normalized spacial score (nSPS) is 12.3. The maximum atomic E-state index is 11.9. The quantitative estimate of drug-likeness (QED) is 0.404. The van der Waals surface area contributed by atoms with Gasteiger partial charge < -0.3 is 15.5 Å². The van der Waals surface area contributed by atoms with Gasteiger partial charge in [-0.3, -0.25) is 9.59 Å². The molecule has 0 aliphatic rings. The molecule has 0 aliphatic carbocycles. The third kappa shape index (κ3) is 14.9. The van der Waals surface area contributed by atoms with E-state index in [1.807, 2.05) is 20.8 Å². The lowest BCUT2D eigenvalue weighted by atomic mass is 9.84. The number of amides is 2. The van der Waals surface area contributed by atoms with E-state index in [-0.39, 0.29) is 17.2 Å². The van der Waals surface area contributed by atoms with E-state index in [2.05, 4.69) is 43.4 Å². The molecule has 0 unspecified atom stereocenters. The van der Waals surface area contributed by atoms with Crippen molar-refractivity contribution in [2.24, 2.45) is 10.8 Å². The highest BCUT2D eigenvalue weighted by Crippen LogP contribution is 2.26. The van der Waals surface area contributed by atoms with Crippen LogP contribution < -0.4 is 10.6 Å². The van der Waals surface area contributed by atoms with Crippen molar-refractivity contribution in [3.05, 3.63) is 0 Å². The molecule has 0 aromatic carbocycles. The van der Waals surface area contributed by atoms with Gasteiger partial charge in [0.1, 0.15) is 0 Å². The maximum Gasteiger partial charge on any atom is 0.225 e. The summed E-state index contributed by atoms with van der Waals surface area (Å²) in [5.74, 6) is 0.231. The Morgan fingerprint density at radius 2 is 1.46 bits per heavy atom. The van der Waals surface area contributed by atoms with Gasteiger partial charge in [-0.05, 0) is 57.7 Å². The van der Waals surface area contributed by atoms with Crippen LogP contribution >= 0.6 is 0 Å². The Labute approximate surface area is 174 Å². The Kier molecular flexibility index (Phi) is 13.4. The number of carbonyl (C=O) groups is 2.